The third kappa shape index (κ3) is 61.4. The van der Waals surface area contributed by atoms with Crippen molar-refractivity contribution in [3.8, 4) is 0 Å². The van der Waals surface area contributed by atoms with Crippen LogP contribution in [0.3, 0.4) is 0 Å². The summed E-state index contributed by atoms with van der Waals surface area (Å²) in [7, 11) is -22.9. The summed E-state index contributed by atoms with van der Waals surface area (Å²) in [5.74, 6) is 4.43. The maximum Gasteiger partial charge on any atom is 0.311 e. The molecule has 66 heavy (non-hydrogen) atoms. The molecule has 0 amide bonds. The van der Waals surface area contributed by atoms with Crippen LogP contribution < -0.4 is 0 Å². The first kappa shape index (κ1) is 75.6. The van der Waals surface area contributed by atoms with E-state index in [-0.39, 0.29) is 17.3 Å². The average Bonchev–Trinajstić information content (AvgIpc) is 3.00. The number of halogens is 2. The van der Waals surface area contributed by atoms with Crippen molar-refractivity contribution in [2.45, 2.75) is 180 Å². The molecule has 10 nitrogen and oxygen atoms in total. The summed E-state index contributed by atoms with van der Waals surface area (Å²) in [6.07, 6.45) is 16.1. The molecule has 0 rings (SSSR count). The molecule has 0 fully saturated rings. The summed E-state index contributed by atoms with van der Waals surface area (Å²) in [4.78, 5) is 0. The van der Waals surface area contributed by atoms with Gasteiger partial charge >= 0.3 is 17.1 Å². The summed E-state index contributed by atoms with van der Waals surface area (Å²) in [6.45, 7) is 34.8. The van der Waals surface area contributed by atoms with E-state index in [1.165, 1.54) is 73.4 Å². The van der Waals surface area contributed by atoms with E-state index in [0.29, 0.717) is 19.3 Å². The Kier molecular flexibility index (Phi) is 39.6. The van der Waals surface area contributed by atoms with Gasteiger partial charge in [0, 0.05) is 36.0 Å². The van der Waals surface area contributed by atoms with Gasteiger partial charge in [-0.2, -0.15) is 57.4 Å². The summed E-state index contributed by atoms with van der Waals surface area (Å²) in [5.41, 5.74) is 0. The van der Waals surface area contributed by atoms with Gasteiger partial charge in [0.2, 0.25) is 0 Å². The number of hydrogen-bond donors (Lipinski definition) is 0. The molecule has 404 valence electrons. The zero-order valence-corrected chi connectivity index (χ0v) is 60.4. The van der Waals surface area contributed by atoms with Crippen LogP contribution >= 0.6 is 57.4 Å². The second-order valence-electron chi connectivity index (χ2n) is 22.2. The summed E-state index contributed by atoms with van der Waals surface area (Å²) in [6, 6.07) is 6.22. The van der Waals surface area contributed by atoms with Gasteiger partial charge in [-0.25, -0.2) is 25.3 Å². The van der Waals surface area contributed by atoms with Crippen molar-refractivity contribution in [1.82, 2.24) is 0 Å². The van der Waals surface area contributed by atoms with E-state index in [2.05, 4.69) is 97.3 Å². The van der Waals surface area contributed by atoms with Crippen molar-refractivity contribution in [2.24, 2.45) is 0 Å². The molecule has 26 heteroatoms. The molecule has 0 aromatic carbocycles. The van der Waals surface area contributed by atoms with Crippen molar-refractivity contribution < 1.29 is 41.7 Å². The second kappa shape index (κ2) is 34.6. The summed E-state index contributed by atoms with van der Waals surface area (Å²) in [5, 5.41) is 0. The first-order valence-electron chi connectivity index (χ1n) is 23.3. The maximum atomic E-state index is 11.3. The third-order valence-electron chi connectivity index (χ3n) is 9.34. The molecule has 0 saturated carbocycles. The highest BCUT2D eigenvalue weighted by molar-refractivity contribution is 7.99. The predicted octanol–water partition coefficient (Wildman–Crippen LogP) is 13.7. The number of thioether (sulfide) groups is 3. The minimum atomic E-state index is -2.94. The van der Waals surface area contributed by atoms with E-state index in [1.807, 2.05) is 61.5 Å². The SMILES string of the molecule is CSCCC[Si](C)(C)Cl.CSCCC[Si](C)(C)O[Si](C)(C)O[Si](C)(C)CCCSC.C[Si](C)(CCCS(C)(=O)=O)O[Si](C)(C)O[Si](C)(C)CCCS(C)(=O)=O.C[Si](C)(Cl)CCCS(C)(=O)=O. The van der Waals surface area contributed by atoms with E-state index in [0.717, 1.165) is 18.1 Å². The van der Waals surface area contributed by atoms with Gasteiger partial charge < -0.3 is 16.5 Å². The largest absolute Gasteiger partial charge is 0.437 e. The van der Waals surface area contributed by atoms with E-state index in [9.17, 15) is 25.3 Å². The summed E-state index contributed by atoms with van der Waals surface area (Å²) < 4.78 is 92.5. The molecule has 0 atom stereocenters. The van der Waals surface area contributed by atoms with E-state index >= 15 is 0 Å². The van der Waals surface area contributed by atoms with Crippen LogP contribution in [0.5, 0.6) is 0 Å². The molecule has 0 unspecified atom stereocenters. The molecule has 0 aromatic heterocycles. The molecule has 0 aliphatic rings. The standard InChI is InChI=1S/C14H36O6S2Si3.C14H36O2S2Si3.C6H15ClO2SSi.C6H15ClSSi/c1-21(15,16)11-9-13-23(3,4)19-25(7,8)20-24(5,6)14-10-12-22(2,17)18;1-17-11-9-13-19(3,4)15-21(7,8)16-20(5,6)14-10-12-18-2;1-10(8,9)5-4-6-11(2,3)7;1-8-5-4-6-9(2,3)7/h9-14H2,1-8H3;9-14H2,1-8H3;4-6H2,1-3H3;4-6H2,1-3H3. The lowest BCUT2D eigenvalue weighted by molar-refractivity contribution is 0.386. The molecule has 0 aliphatic heterocycles. The van der Waals surface area contributed by atoms with Gasteiger partial charge in [-0.1, -0.05) is 26.2 Å². The van der Waals surface area contributed by atoms with E-state index in [4.69, 9.17) is 38.6 Å². The zero-order chi connectivity index (χ0) is 53.2. The highest BCUT2D eigenvalue weighted by Crippen LogP contribution is 2.28. The van der Waals surface area contributed by atoms with Crippen molar-refractivity contribution >= 4 is 152 Å². The van der Waals surface area contributed by atoms with Crippen LogP contribution in [0.1, 0.15) is 38.5 Å². The smallest absolute Gasteiger partial charge is 0.311 e. The highest BCUT2D eigenvalue weighted by atomic mass is 35.6. The van der Waals surface area contributed by atoms with Crippen LogP contribution in [0.15, 0.2) is 0 Å². The molecule has 0 N–H and O–H groups in total. The molecule has 0 heterocycles. The van der Waals surface area contributed by atoms with Gasteiger partial charge in [0.05, 0.1) is 0 Å². The Morgan fingerprint density at radius 3 is 0.727 bits per heavy atom. The molecule has 0 aliphatic carbocycles. The minimum Gasteiger partial charge on any atom is -0.437 e. The fourth-order valence-corrected chi connectivity index (χ4v) is 42.9. The number of sulfone groups is 3. The van der Waals surface area contributed by atoms with Crippen molar-refractivity contribution in [3.05, 3.63) is 0 Å². The third-order valence-corrected chi connectivity index (χ3v) is 41.7. The minimum absolute atomic E-state index is 0.196. The lowest BCUT2D eigenvalue weighted by Gasteiger charge is -2.39. The Labute approximate surface area is 441 Å². The van der Waals surface area contributed by atoms with Crippen molar-refractivity contribution in [1.29, 1.82) is 0 Å². The lowest BCUT2D eigenvalue weighted by atomic mass is 10.6. The van der Waals surface area contributed by atoms with Crippen LogP contribution in [0, 0.1) is 0 Å². The molecular weight excluding hydrogens is 1130 g/mol. The van der Waals surface area contributed by atoms with Crippen molar-refractivity contribution in [2.75, 3.05) is 72.1 Å². The van der Waals surface area contributed by atoms with Gasteiger partial charge in [0.15, 0.2) is 48.0 Å². The average molecular weight is 1230 g/mol. The fraction of sp³-hybridized carbons (Fsp3) is 1.00. The summed E-state index contributed by atoms with van der Waals surface area (Å²) >= 11 is 17.9. The van der Waals surface area contributed by atoms with Crippen LogP contribution in [0.25, 0.3) is 0 Å². The molecule has 0 aromatic rings. The molecule has 0 spiro atoms. The van der Waals surface area contributed by atoms with E-state index < -0.39 is 94.7 Å². The topological polar surface area (TPSA) is 139 Å². The van der Waals surface area contributed by atoms with Gasteiger partial charge in [-0.05, 0) is 189 Å². The van der Waals surface area contributed by atoms with Crippen LogP contribution in [0.4, 0.5) is 0 Å². The fourth-order valence-electron chi connectivity index (χ4n) is 7.10. The Bertz CT molecular complexity index is 1530. The Morgan fingerprint density at radius 2 is 0.530 bits per heavy atom. The predicted molar refractivity (Wildman–Crippen MR) is 327 cm³/mol. The van der Waals surface area contributed by atoms with Gasteiger partial charge in [-0.15, -0.1) is 0 Å². The van der Waals surface area contributed by atoms with Crippen LogP contribution in [-0.2, 0) is 46.0 Å². The number of rotatable bonds is 32. The lowest BCUT2D eigenvalue weighted by Crippen LogP contribution is -2.52. The maximum absolute atomic E-state index is 11.3. The molecule has 0 saturated heterocycles. The monoisotopic (exact) mass is 1230 g/mol. The Morgan fingerprint density at radius 1 is 0.348 bits per heavy atom. The quantitative estimate of drug-likeness (QED) is 0.0359. The van der Waals surface area contributed by atoms with E-state index in [1.54, 1.807) is 0 Å². The zero-order valence-electron chi connectivity index (χ0n) is 46.0. The van der Waals surface area contributed by atoms with Gasteiger partial charge in [-0.3, -0.25) is 0 Å². The first-order valence-corrected chi connectivity index (χ1v) is 60.2. The van der Waals surface area contributed by atoms with Crippen molar-refractivity contribution in [3.63, 3.8) is 0 Å². The molecule has 0 radical (unpaired) electrons. The normalized spacial score (nSPS) is 13.8. The van der Waals surface area contributed by atoms with Crippen LogP contribution in [0.2, 0.25) is 141 Å². The number of hydrogen-bond acceptors (Lipinski definition) is 13. The van der Waals surface area contributed by atoms with Gasteiger partial charge in [0.25, 0.3) is 0 Å². The van der Waals surface area contributed by atoms with Crippen LogP contribution in [-0.4, -0.2) is 162 Å². The molecule has 0 bridgehead atoms. The second-order valence-corrected chi connectivity index (χ2v) is 70.9. The molecular formula is C40H102Cl2O10S6Si8. The Hall–Kier alpha value is 3.06. The van der Waals surface area contributed by atoms with Gasteiger partial charge in [0.1, 0.15) is 29.5 Å². The first-order chi connectivity index (χ1) is 29.1. The highest BCUT2D eigenvalue weighted by Gasteiger charge is 2.40. The Balaban J connectivity index is -0.000000419.